The van der Waals surface area contributed by atoms with E-state index in [1.54, 1.807) is 6.07 Å². The molecular weight excluding hydrogens is 319 g/mol. The maximum absolute atomic E-state index is 13.0. The molecule has 0 saturated heterocycles. The van der Waals surface area contributed by atoms with Gasteiger partial charge in [-0.2, -0.15) is 13.2 Å². The standard InChI is InChI=1S/C14H17BrF3N/c1-9(7-10-3-2-4-10)19-13-6-5-11(15)8-12(13)14(16,17)18/h5-6,8-10,19H,2-4,7H2,1H3. The zero-order chi connectivity index (χ0) is 14.0. The van der Waals surface area contributed by atoms with Crippen LogP contribution < -0.4 is 5.32 Å². The fourth-order valence-electron chi connectivity index (χ4n) is 2.43. The van der Waals surface area contributed by atoms with Gasteiger partial charge in [-0.3, -0.25) is 0 Å². The fraction of sp³-hybridized carbons (Fsp3) is 0.571. The van der Waals surface area contributed by atoms with Crippen LogP contribution in [0.5, 0.6) is 0 Å². The van der Waals surface area contributed by atoms with Gasteiger partial charge in [0.2, 0.25) is 0 Å². The van der Waals surface area contributed by atoms with Gasteiger partial charge in [0.1, 0.15) is 0 Å². The topological polar surface area (TPSA) is 12.0 Å². The first-order chi connectivity index (χ1) is 8.86. The first kappa shape index (κ1) is 14.7. The molecular formula is C14H17BrF3N. The minimum atomic E-state index is -4.33. The molecule has 1 aromatic rings. The van der Waals surface area contributed by atoms with Crippen LogP contribution in [0.15, 0.2) is 22.7 Å². The van der Waals surface area contributed by atoms with Crippen molar-refractivity contribution in [3.05, 3.63) is 28.2 Å². The maximum Gasteiger partial charge on any atom is 0.418 e. The number of benzene rings is 1. The van der Waals surface area contributed by atoms with Crippen LogP contribution in [0.25, 0.3) is 0 Å². The minimum absolute atomic E-state index is 0.0626. The van der Waals surface area contributed by atoms with E-state index in [0.29, 0.717) is 10.4 Å². The number of halogens is 4. The molecule has 1 saturated carbocycles. The molecule has 0 amide bonds. The van der Waals surface area contributed by atoms with Crippen molar-refractivity contribution in [2.45, 2.75) is 44.8 Å². The second kappa shape index (κ2) is 5.73. The third-order valence-corrected chi connectivity index (χ3v) is 4.09. The zero-order valence-electron chi connectivity index (χ0n) is 10.7. The highest BCUT2D eigenvalue weighted by molar-refractivity contribution is 9.10. The van der Waals surface area contributed by atoms with E-state index in [4.69, 9.17) is 0 Å². The average molecular weight is 336 g/mol. The lowest BCUT2D eigenvalue weighted by molar-refractivity contribution is -0.137. The van der Waals surface area contributed by atoms with Crippen LogP contribution in [0.1, 0.15) is 38.2 Å². The normalized spacial score (nSPS) is 17.9. The predicted octanol–water partition coefficient (Wildman–Crippen LogP) is 5.46. The van der Waals surface area contributed by atoms with Gasteiger partial charge in [0.05, 0.1) is 5.56 Å². The Morgan fingerprint density at radius 1 is 1.37 bits per heavy atom. The highest BCUT2D eigenvalue weighted by atomic mass is 79.9. The minimum Gasteiger partial charge on any atom is -0.382 e. The first-order valence-corrected chi connectivity index (χ1v) is 7.29. The van der Waals surface area contributed by atoms with E-state index >= 15 is 0 Å². The SMILES string of the molecule is CC(CC1CCC1)Nc1ccc(Br)cc1C(F)(F)F. The monoisotopic (exact) mass is 335 g/mol. The second-order valence-electron chi connectivity index (χ2n) is 5.27. The van der Waals surface area contributed by atoms with Crippen LogP contribution in [0.2, 0.25) is 0 Å². The van der Waals surface area contributed by atoms with Gasteiger partial charge in [-0.1, -0.05) is 35.2 Å². The Kier molecular flexibility index (Phi) is 4.43. The summed E-state index contributed by atoms with van der Waals surface area (Å²) in [6.07, 6.45) is 0.274. The van der Waals surface area contributed by atoms with Crippen LogP contribution in [-0.4, -0.2) is 6.04 Å². The summed E-state index contributed by atoms with van der Waals surface area (Å²) in [6, 6.07) is 4.31. The molecule has 5 heteroatoms. The van der Waals surface area contributed by atoms with E-state index in [0.717, 1.165) is 12.5 Å². The molecule has 1 aromatic carbocycles. The summed E-state index contributed by atoms with van der Waals surface area (Å²) in [5.41, 5.74) is -0.440. The summed E-state index contributed by atoms with van der Waals surface area (Å²) in [5.74, 6) is 0.673. The molecule has 1 aliphatic carbocycles. The molecule has 1 nitrogen and oxygen atoms in total. The van der Waals surface area contributed by atoms with E-state index < -0.39 is 11.7 Å². The van der Waals surface area contributed by atoms with Gasteiger partial charge in [0, 0.05) is 16.2 Å². The first-order valence-electron chi connectivity index (χ1n) is 6.49. The Bertz CT molecular complexity index is 441. The molecule has 1 fully saturated rings. The summed E-state index contributed by atoms with van der Waals surface area (Å²) in [5, 5.41) is 3.00. The third kappa shape index (κ3) is 3.88. The van der Waals surface area contributed by atoms with Crippen molar-refractivity contribution in [3.8, 4) is 0 Å². The Labute approximate surface area is 119 Å². The Morgan fingerprint density at radius 2 is 2.05 bits per heavy atom. The van der Waals surface area contributed by atoms with Crippen molar-refractivity contribution in [2.24, 2.45) is 5.92 Å². The van der Waals surface area contributed by atoms with Crippen LogP contribution in [0.3, 0.4) is 0 Å². The molecule has 0 aromatic heterocycles. The average Bonchev–Trinajstić information content (AvgIpc) is 2.25. The van der Waals surface area contributed by atoms with Crippen molar-refractivity contribution < 1.29 is 13.2 Å². The molecule has 2 rings (SSSR count). The van der Waals surface area contributed by atoms with Crippen LogP contribution >= 0.6 is 15.9 Å². The number of nitrogens with one attached hydrogen (secondary N) is 1. The van der Waals surface area contributed by atoms with Gasteiger partial charge in [-0.05, 0) is 37.5 Å². The number of hydrogen-bond acceptors (Lipinski definition) is 1. The van der Waals surface area contributed by atoms with E-state index in [9.17, 15) is 13.2 Å². The summed E-state index contributed by atoms with van der Waals surface area (Å²) in [6.45, 7) is 1.94. The van der Waals surface area contributed by atoms with Crippen molar-refractivity contribution >= 4 is 21.6 Å². The molecule has 1 atom stereocenters. The van der Waals surface area contributed by atoms with Gasteiger partial charge in [0.25, 0.3) is 0 Å². The number of hydrogen-bond donors (Lipinski definition) is 1. The molecule has 19 heavy (non-hydrogen) atoms. The van der Waals surface area contributed by atoms with Gasteiger partial charge >= 0.3 is 6.18 Å². The van der Waals surface area contributed by atoms with E-state index in [-0.39, 0.29) is 11.7 Å². The summed E-state index contributed by atoms with van der Waals surface area (Å²) < 4.78 is 39.3. The quantitative estimate of drug-likeness (QED) is 0.770. The largest absolute Gasteiger partial charge is 0.418 e. The fourth-order valence-corrected chi connectivity index (χ4v) is 2.79. The summed E-state index contributed by atoms with van der Waals surface area (Å²) in [4.78, 5) is 0. The number of rotatable bonds is 4. The molecule has 1 unspecified atom stereocenters. The van der Waals surface area contributed by atoms with E-state index in [1.807, 2.05) is 6.92 Å². The molecule has 1 N–H and O–H groups in total. The van der Waals surface area contributed by atoms with Crippen molar-refractivity contribution in [3.63, 3.8) is 0 Å². The second-order valence-corrected chi connectivity index (χ2v) is 6.18. The van der Waals surface area contributed by atoms with Crippen LogP contribution in [0.4, 0.5) is 18.9 Å². The molecule has 0 aliphatic heterocycles. The molecule has 0 spiro atoms. The molecule has 106 valence electrons. The Hall–Kier alpha value is -0.710. The molecule has 1 aliphatic rings. The maximum atomic E-state index is 13.0. The van der Waals surface area contributed by atoms with Crippen LogP contribution in [-0.2, 0) is 6.18 Å². The van der Waals surface area contributed by atoms with Gasteiger partial charge in [-0.15, -0.1) is 0 Å². The Morgan fingerprint density at radius 3 is 2.58 bits per heavy atom. The number of alkyl halides is 3. The molecule has 0 heterocycles. The lowest BCUT2D eigenvalue weighted by Crippen LogP contribution is -2.24. The lowest BCUT2D eigenvalue weighted by Gasteiger charge is -2.29. The summed E-state index contributed by atoms with van der Waals surface area (Å²) >= 11 is 3.09. The van der Waals surface area contributed by atoms with E-state index in [2.05, 4.69) is 21.2 Å². The number of anilines is 1. The lowest BCUT2D eigenvalue weighted by atomic mass is 9.81. The highest BCUT2D eigenvalue weighted by Crippen LogP contribution is 2.37. The van der Waals surface area contributed by atoms with Crippen molar-refractivity contribution in [2.75, 3.05) is 5.32 Å². The van der Waals surface area contributed by atoms with Crippen molar-refractivity contribution in [1.82, 2.24) is 0 Å². The predicted molar refractivity (Wildman–Crippen MR) is 74.2 cm³/mol. The Balaban J connectivity index is 2.10. The highest BCUT2D eigenvalue weighted by Gasteiger charge is 2.34. The van der Waals surface area contributed by atoms with Crippen LogP contribution in [0, 0.1) is 5.92 Å². The van der Waals surface area contributed by atoms with Gasteiger partial charge in [-0.25, -0.2) is 0 Å². The molecule has 0 bridgehead atoms. The summed E-state index contributed by atoms with van der Waals surface area (Å²) in [7, 11) is 0. The smallest absolute Gasteiger partial charge is 0.382 e. The molecule has 0 radical (unpaired) electrons. The van der Waals surface area contributed by atoms with Gasteiger partial charge in [0.15, 0.2) is 0 Å². The third-order valence-electron chi connectivity index (χ3n) is 3.60. The van der Waals surface area contributed by atoms with E-state index in [1.165, 1.54) is 25.3 Å². The van der Waals surface area contributed by atoms with Gasteiger partial charge < -0.3 is 5.32 Å². The van der Waals surface area contributed by atoms with Crippen molar-refractivity contribution in [1.29, 1.82) is 0 Å². The zero-order valence-corrected chi connectivity index (χ0v) is 12.3.